The van der Waals surface area contributed by atoms with E-state index in [4.69, 9.17) is 17.3 Å². The first-order valence-corrected chi connectivity index (χ1v) is 7.64. The van der Waals surface area contributed by atoms with Gasteiger partial charge in [-0.25, -0.2) is 8.42 Å². The molecule has 1 aromatic rings. The van der Waals surface area contributed by atoms with Gasteiger partial charge in [0, 0.05) is 25.8 Å². The third-order valence-corrected chi connectivity index (χ3v) is 5.19. The predicted molar refractivity (Wildman–Crippen MR) is 79.0 cm³/mol. The second-order valence-corrected chi connectivity index (χ2v) is 7.19. The van der Waals surface area contributed by atoms with E-state index in [0.29, 0.717) is 18.8 Å². The summed E-state index contributed by atoms with van der Waals surface area (Å²) in [6.45, 7) is 2.81. The fourth-order valence-corrected chi connectivity index (χ4v) is 3.24. The Morgan fingerprint density at radius 3 is 2.32 bits per heavy atom. The Labute approximate surface area is 120 Å². The summed E-state index contributed by atoms with van der Waals surface area (Å²) < 4.78 is 26.1. The lowest BCUT2D eigenvalue weighted by atomic mass is 10.2. The molecular weight excluding hydrogens is 286 g/mol. The molecule has 0 radical (unpaired) electrons. The molecule has 7 heteroatoms. The Kier molecular flexibility index (Phi) is 5.20. The van der Waals surface area contributed by atoms with Crippen LogP contribution in [0.5, 0.6) is 0 Å². The van der Waals surface area contributed by atoms with Gasteiger partial charge in [0.25, 0.3) is 0 Å². The van der Waals surface area contributed by atoms with Gasteiger partial charge in [-0.15, -0.1) is 0 Å². The summed E-state index contributed by atoms with van der Waals surface area (Å²) in [5.41, 5.74) is 6.94. The molecule has 1 rings (SSSR count). The van der Waals surface area contributed by atoms with Gasteiger partial charge in [-0.05, 0) is 38.7 Å². The van der Waals surface area contributed by atoms with Crippen molar-refractivity contribution in [3.63, 3.8) is 0 Å². The topological polar surface area (TPSA) is 66.6 Å². The van der Waals surface area contributed by atoms with Crippen LogP contribution >= 0.6 is 11.6 Å². The van der Waals surface area contributed by atoms with Gasteiger partial charge in [0.2, 0.25) is 10.0 Å². The third-order valence-electron chi connectivity index (χ3n) is 2.87. The van der Waals surface area contributed by atoms with E-state index in [1.807, 2.05) is 19.0 Å². The van der Waals surface area contributed by atoms with E-state index in [2.05, 4.69) is 0 Å². The summed E-state index contributed by atoms with van der Waals surface area (Å²) in [5, 5.41) is 0.198. The zero-order valence-electron chi connectivity index (χ0n) is 11.6. The molecule has 108 valence electrons. The number of rotatable bonds is 5. The van der Waals surface area contributed by atoms with Crippen LogP contribution in [0.4, 0.5) is 5.69 Å². The summed E-state index contributed by atoms with van der Waals surface area (Å²) in [4.78, 5) is 1.97. The molecule has 0 bridgehead atoms. The zero-order chi connectivity index (χ0) is 14.8. The van der Waals surface area contributed by atoms with E-state index < -0.39 is 10.0 Å². The van der Waals surface area contributed by atoms with Gasteiger partial charge in [-0.3, -0.25) is 0 Å². The van der Waals surface area contributed by atoms with E-state index in [9.17, 15) is 8.42 Å². The monoisotopic (exact) mass is 305 g/mol. The van der Waals surface area contributed by atoms with Crippen molar-refractivity contribution in [2.45, 2.75) is 11.8 Å². The average Bonchev–Trinajstić information content (AvgIpc) is 2.30. The fourth-order valence-electron chi connectivity index (χ4n) is 1.50. The van der Waals surface area contributed by atoms with Gasteiger partial charge < -0.3 is 10.6 Å². The Morgan fingerprint density at radius 1 is 1.21 bits per heavy atom. The van der Waals surface area contributed by atoms with Gasteiger partial charge in [0.15, 0.2) is 0 Å². The quantitative estimate of drug-likeness (QED) is 0.835. The van der Waals surface area contributed by atoms with E-state index >= 15 is 0 Å². The molecule has 5 nitrogen and oxygen atoms in total. The van der Waals surface area contributed by atoms with Crippen molar-refractivity contribution >= 4 is 27.3 Å². The molecule has 0 aliphatic carbocycles. The van der Waals surface area contributed by atoms with Crippen LogP contribution in [-0.2, 0) is 10.0 Å². The lowest BCUT2D eigenvalue weighted by Gasteiger charge is -2.20. The van der Waals surface area contributed by atoms with E-state index in [0.717, 1.165) is 5.56 Å². The van der Waals surface area contributed by atoms with Crippen LogP contribution in [0.25, 0.3) is 0 Å². The number of benzene rings is 1. The van der Waals surface area contributed by atoms with Crippen molar-refractivity contribution in [3.05, 3.63) is 22.7 Å². The van der Waals surface area contributed by atoms with E-state index in [-0.39, 0.29) is 9.92 Å². The van der Waals surface area contributed by atoms with Crippen LogP contribution in [0, 0.1) is 6.92 Å². The predicted octanol–water partition coefficient (Wildman–Crippen LogP) is 1.41. The van der Waals surface area contributed by atoms with Crippen LogP contribution < -0.4 is 5.73 Å². The second kappa shape index (κ2) is 6.09. The van der Waals surface area contributed by atoms with Crippen LogP contribution in [0.15, 0.2) is 17.0 Å². The Balaban J connectivity index is 3.10. The van der Waals surface area contributed by atoms with Crippen LogP contribution in [0.3, 0.4) is 0 Å². The summed E-state index contributed by atoms with van der Waals surface area (Å²) in [6, 6.07) is 2.99. The highest BCUT2D eigenvalue weighted by Crippen LogP contribution is 2.28. The molecule has 0 saturated carbocycles. The molecule has 1 aromatic carbocycles. The first kappa shape index (κ1) is 16.2. The minimum atomic E-state index is -3.61. The zero-order valence-corrected chi connectivity index (χ0v) is 13.2. The second-order valence-electron chi connectivity index (χ2n) is 4.77. The molecule has 0 unspecified atom stereocenters. The van der Waals surface area contributed by atoms with Crippen molar-refractivity contribution in [2.24, 2.45) is 0 Å². The fraction of sp³-hybridized carbons (Fsp3) is 0.500. The number of nitrogens with zero attached hydrogens (tertiary/aromatic N) is 2. The highest BCUT2D eigenvalue weighted by atomic mass is 35.5. The molecular formula is C12H20ClN3O2S. The van der Waals surface area contributed by atoms with Crippen molar-refractivity contribution in [3.8, 4) is 0 Å². The summed E-state index contributed by atoms with van der Waals surface area (Å²) in [7, 11) is 1.70. The number of hydrogen-bond donors (Lipinski definition) is 1. The third kappa shape index (κ3) is 3.82. The maximum Gasteiger partial charge on any atom is 0.244 e. The number of likely N-dealkylation sites (N-methyl/N-ethyl adjacent to an activating group) is 2. The molecule has 0 aliphatic heterocycles. The number of aryl methyl sites for hydroxylation is 1. The molecule has 0 amide bonds. The van der Waals surface area contributed by atoms with Crippen molar-refractivity contribution in [1.82, 2.24) is 9.21 Å². The SMILES string of the molecule is Cc1cc(Cl)c(S(=O)(=O)N(C)CCN(C)C)cc1N. The molecule has 0 heterocycles. The lowest BCUT2D eigenvalue weighted by molar-refractivity contribution is 0.358. The van der Waals surface area contributed by atoms with Gasteiger partial charge in [0.1, 0.15) is 4.90 Å². The number of nitrogen functional groups attached to an aromatic ring is 1. The van der Waals surface area contributed by atoms with Crippen molar-refractivity contribution in [2.75, 3.05) is 40.0 Å². The largest absolute Gasteiger partial charge is 0.398 e. The molecule has 0 aromatic heterocycles. The average molecular weight is 306 g/mol. The number of hydrogen-bond acceptors (Lipinski definition) is 4. The summed E-state index contributed by atoms with van der Waals surface area (Å²) >= 11 is 6.02. The van der Waals surface area contributed by atoms with Gasteiger partial charge in [-0.1, -0.05) is 11.6 Å². The maximum absolute atomic E-state index is 12.4. The minimum absolute atomic E-state index is 0.0542. The van der Waals surface area contributed by atoms with Crippen LogP contribution in [0.2, 0.25) is 5.02 Å². The number of anilines is 1. The van der Waals surface area contributed by atoms with Crippen LogP contribution in [-0.4, -0.2) is 51.9 Å². The molecule has 0 aliphatic rings. The highest BCUT2D eigenvalue weighted by Gasteiger charge is 2.24. The molecule has 2 N–H and O–H groups in total. The molecule has 0 atom stereocenters. The molecule has 0 fully saturated rings. The number of sulfonamides is 1. The van der Waals surface area contributed by atoms with Gasteiger partial charge in [0.05, 0.1) is 5.02 Å². The number of halogens is 1. The Hall–Kier alpha value is -0.820. The molecule has 0 spiro atoms. The lowest BCUT2D eigenvalue weighted by Crippen LogP contribution is -2.33. The molecule has 0 saturated heterocycles. The Bertz CT molecular complexity index is 558. The Morgan fingerprint density at radius 2 is 1.79 bits per heavy atom. The first-order chi connectivity index (χ1) is 8.66. The van der Waals surface area contributed by atoms with Crippen molar-refractivity contribution in [1.29, 1.82) is 0 Å². The minimum Gasteiger partial charge on any atom is -0.398 e. The van der Waals surface area contributed by atoms with Gasteiger partial charge >= 0.3 is 0 Å². The first-order valence-electron chi connectivity index (χ1n) is 5.83. The van der Waals surface area contributed by atoms with E-state index in [1.165, 1.54) is 17.4 Å². The van der Waals surface area contributed by atoms with Crippen molar-refractivity contribution < 1.29 is 8.42 Å². The van der Waals surface area contributed by atoms with Gasteiger partial charge in [-0.2, -0.15) is 4.31 Å². The number of nitrogens with two attached hydrogens (primary N) is 1. The standard InChI is InChI=1S/C12H20ClN3O2S/c1-9-7-10(13)12(8-11(9)14)19(17,18)16(4)6-5-15(2)3/h7-8H,5-6,14H2,1-4H3. The maximum atomic E-state index is 12.4. The normalized spacial score (nSPS) is 12.4. The van der Waals surface area contributed by atoms with E-state index in [1.54, 1.807) is 13.0 Å². The highest BCUT2D eigenvalue weighted by molar-refractivity contribution is 7.89. The summed E-state index contributed by atoms with van der Waals surface area (Å²) in [6.07, 6.45) is 0. The summed E-state index contributed by atoms with van der Waals surface area (Å²) in [5.74, 6) is 0. The van der Waals surface area contributed by atoms with Crippen LogP contribution in [0.1, 0.15) is 5.56 Å². The smallest absolute Gasteiger partial charge is 0.244 e. The molecule has 19 heavy (non-hydrogen) atoms.